The lowest BCUT2D eigenvalue weighted by Gasteiger charge is -2.11. The van der Waals surface area contributed by atoms with Crippen LogP contribution in [0.3, 0.4) is 0 Å². The Bertz CT molecular complexity index is 800. The van der Waals surface area contributed by atoms with Gasteiger partial charge in [-0.05, 0) is 56.3 Å². The first-order valence-electron chi connectivity index (χ1n) is 7.69. The molecule has 0 bridgehead atoms. The Morgan fingerprint density at radius 3 is 2.35 bits per heavy atom. The molecule has 0 unspecified atom stereocenters. The summed E-state index contributed by atoms with van der Waals surface area (Å²) in [7, 11) is 0. The SMILES string of the molecule is CCO/N=C(\C(C)=N\O)c1ccc(Oc2cccc(C(F)(F)F)c2)cc1. The van der Waals surface area contributed by atoms with Gasteiger partial charge in [0, 0.05) is 5.56 Å². The number of ether oxygens (including phenoxy) is 1. The van der Waals surface area contributed by atoms with Crippen LogP contribution in [-0.4, -0.2) is 23.2 Å². The highest BCUT2D eigenvalue weighted by Crippen LogP contribution is 2.32. The molecule has 0 spiro atoms. The highest BCUT2D eigenvalue weighted by atomic mass is 19.4. The minimum Gasteiger partial charge on any atom is -0.457 e. The molecule has 26 heavy (non-hydrogen) atoms. The van der Waals surface area contributed by atoms with Gasteiger partial charge in [0.25, 0.3) is 0 Å². The Labute approximate surface area is 148 Å². The van der Waals surface area contributed by atoms with E-state index >= 15 is 0 Å². The smallest absolute Gasteiger partial charge is 0.416 e. The molecule has 0 aliphatic heterocycles. The van der Waals surface area contributed by atoms with E-state index in [0.717, 1.165) is 12.1 Å². The second-order valence-corrected chi connectivity index (χ2v) is 5.20. The van der Waals surface area contributed by atoms with Crippen LogP contribution in [0.15, 0.2) is 58.8 Å². The van der Waals surface area contributed by atoms with Crippen molar-refractivity contribution in [2.24, 2.45) is 10.3 Å². The molecule has 1 N–H and O–H groups in total. The van der Waals surface area contributed by atoms with Crippen molar-refractivity contribution in [1.29, 1.82) is 0 Å². The molecule has 8 heteroatoms. The summed E-state index contributed by atoms with van der Waals surface area (Å²) >= 11 is 0. The molecule has 2 aromatic rings. The van der Waals surface area contributed by atoms with Crippen LogP contribution in [0.2, 0.25) is 0 Å². The van der Waals surface area contributed by atoms with Crippen LogP contribution in [0.4, 0.5) is 13.2 Å². The molecule has 0 heterocycles. The van der Waals surface area contributed by atoms with Crippen molar-refractivity contribution in [3.05, 3.63) is 59.7 Å². The van der Waals surface area contributed by atoms with Crippen LogP contribution in [0.1, 0.15) is 25.0 Å². The van der Waals surface area contributed by atoms with Crippen molar-refractivity contribution < 1.29 is 28.0 Å². The van der Waals surface area contributed by atoms with Crippen molar-refractivity contribution in [3.8, 4) is 11.5 Å². The summed E-state index contributed by atoms with van der Waals surface area (Å²) in [5, 5.41) is 15.9. The maximum Gasteiger partial charge on any atom is 0.416 e. The Balaban J connectivity index is 2.22. The van der Waals surface area contributed by atoms with Crippen molar-refractivity contribution >= 4 is 11.4 Å². The summed E-state index contributed by atoms with van der Waals surface area (Å²) < 4.78 is 43.7. The topological polar surface area (TPSA) is 63.4 Å². The van der Waals surface area contributed by atoms with Gasteiger partial charge in [0.2, 0.25) is 0 Å². The van der Waals surface area contributed by atoms with Gasteiger partial charge >= 0.3 is 6.18 Å². The van der Waals surface area contributed by atoms with E-state index in [1.54, 1.807) is 38.1 Å². The number of nitrogens with zero attached hydrogens (tertiary/aromatic N) is 2. The average Bonchev–Trinajstić information content (AvgIpc) is 2.62. The maximum atomic E-state index is 12.7. The molecule has 0 radical (unpaired) electrons. The number of benzene rings is 2. The van der Waals surface area contributed by atoms with E-state index in [9.17, 15) is 13.2 Å². The summed E-state index contributed by atoms with van der Waals surface area (Å²) in [5.41, 5.74) is 0.405. The lowest BCUT2D eigenvalue weighted by atomic mass is 10.1. The predicted molar refractivity (Wildman–Crippen MR) is 91.0 cm³/mol. The minimum absolute atomic E-state index is 0.0730. The molecule has 138 valence electrons. The quantitative estimate of drug-likeness (QED) is 0.440. The fourth-order valence-corrected chi connectivity index (χ4v) is 2.06. The summed E-state index contributed by atoms with van der Waals surface area (Å²) in [4.78, 5) is 5.00. The third-order valence-electron chi connectivity index (χ3n) is 3.30. The highest BCUT2D eigenvalue weighted by molar-refractivity contribution is 6.47. The Kier molecular flexibility index (Phi) is 6.21. The van der Waals surface area contributed by atoms with E-state index in [-0.39, 0.29) is 11.5 Å². The molecule has 2 rings (SSSR count). The third kappa shape index (κ3) is 4.98. The van der Waals surface area contributed by atoms with Crippen LogP contribution >= 0.6 is 0 Å². The van der Waals surface area contributed by atoms with Crippen LogP contribution in [0.5, 0.6) is 11.5 Å². The number of hydrogen-bond donors (Lipinski definition) is 1. The summed E-state index contributed by atoms with van der Waals surface area (Å²) in [6.45, 7) is 3.67. The monoisotopic (exact) mass is 366 g/mol. The first kappa shape index (κ1) is 19.3. The van der Waals surface area contributed by atoms with Gasteiger partial charge in [-0.1, -0.05) is 16.4 Å². The molecule has 0 amide bonds. The molecule has 0 aliphatic carbocycles. The van der Waals surface area contributed by atoms with E-state index in [2.05, 4.69) is 10.3 Å². The van der Waals surface area contributed by atoms with Crippen molar-refractivity contribution in [3.63, 3.8) is 0 Å². The third-order valence-corrected chi connectivity index (χ3v) is 3.30. The van der Waals surface area contributed by atoms with Crippen molar-refractivity contribution in [1.82, 2.24) is 0 Å². The second kappa shape index (κ2) is 8.37. The molecule has 0 atom stereocenters. The number of alkyl halides is 3. The zero-order valence-electron chi connectivity index (χ0n) is 14.1. The van der Waals surface area contributed by atoms with E-state index in [0.29, 0.717) is 23.6 Å². The summed E-state index contributed by atoms with van der Waals surface area (Å²) in [6.07, 6.45) is -4.44. The standard InChI is InChI=1S/C18H17F3N2O3/c1-3-25-23-17(12(2)22-24)13-7-9-15(10-8-13)26-16-6-4-5-14(11-16)18(19,20)21/h4-11,24H,3H2,1-2H3/b22-12+,23-17+. The van der Waals surface area contributed by atoms with Crippen LogP contribution in [0, 0.1) is 0 Å². The highest BCUT2D eigenvalue weighted by Gasteiger charge is 2.30. The average molecular weight is 366 g/mol. The van der Waals surface area contributed by atoms with Gasteiger partial charge < -0.3 is 14.8 Å². The van der Waals surface area contributed by atoms with Crippen LogP contribution in [-0.2, 0) is 11.0 Å². The minimum atomic E-state index is -4.44. The number of oxime groups is 2. The normalized spacial score (nSPS) is 12.8. The van der Waals surface area contributed by atoms with Gasteiger partial charge in [-0.15, -0.1) is 0 Å². The fourth-order valence-electron chi connectivity index (χ4n) is 2.06. The van der Waals surface area contributed by atoms with E-state index in [4.69, 9.17) is 14.8 Å². The van der Waals surface area contributed by atoms with Gasteiger partial charge in [0.05, 0.1) is 5.56 Å². The molecule has 2 aromatic carbocycles. The first-order chi connectivity index (χ1) is 12.3. The summed E-state index contributed by atoms with van der Waals surface area (Å²) in [5.74, 6) is 0.423. The zero-order valence-corrected chi connectivity index (χ0v) is 14.1. The van der Waals surface area contributed by atoms with E-state index < -0.39 is 11.7 Å². The maximum absolute atomic E-state index is 12.7. The van der Waals surface area contributed by atoms with E-state index in [1.807, 2.05) is 0 Å². The van der Waals surface area contributed by atoms with Gasteiger partial charge in [-0.3, -0.25) is 0 Å². The lowest BCUT2D eigenvalue weighted by molar-refractivity contribution is -0.137. The molecule has 5 nitrogen and oxygen atoms in total. The molecule has 0 saturated heterocycles. The largest absolute Gasteiger partial charge is 0.457 e. The molecular formula is C18H17F3N2O3. The van der Waals surface area contributed by atoms with Gasteiger partial charge in [0.15, 0.2) is 0 Å². The van der Waals surface area contributed by atoms with Gasteiger partial charge in [-0.25, -0.2) is 0 Å². The van der Waals surface area contributed by atoms with Crippen LogP contribution < -0.4 is 4.74 Å². The first-order valence-corrected chi connectivity index (χ1v) is 7.69. The Morgan fingerprint density at radius 1 is 1.08 bits per heavy atom. The molecule has 0 aliphatic rings. The molecular weight excluding hydrogens is 349 g/mol. The lowest BCUT2D eigenvalue weighted by Crippen LogP contribution is -2.13. The molecule has 0 saturated carbocycles. The summed E-state index contributed by atoms with van der Waals surface area (Å²) in [6, 6.07) is 11.0. The van der Waals surface area contributed by atoms with Crippen molar-refractivity contribution in [2.75, 3.05) is 6.61 Å². The van der Waals surface area contributed by atoms with E-state index in [1.165, 1.54) is 12.1 Å². The predicted octanol–water partition coefficient (Wildman–Crippen LogP) is 5.09. The van der Waals surface area contributed by atoms with Crippen molar-refractivity contribution in [2.45, 2.75) is 20.0 Å². The van der Waals surface area contributed by atoms with Gasteiger partial charge in [-0.2, -0.15) is 13.2 Å². The molecule has 0 aromatic heterocycles. The Morgan fingerprint density at radius 2 is 1.77 bits per heavy atom. The molecule has 0 fully saturated rings. The number of hydrogen-bond acceptors (Lipinski definition) is 5. The Hall–Kier alpha value is -3.03. The second-order valence-electron chi connectivity index (χ2n) is 5.20. The number of rotatable bonds is 6. The fraction of sp³-hybridized carbons (Fsp3) is 0.222. The zero-order chi connectivity index (χ0) is 19.2. The number of halogens is 3. The van der Waals surface area contributed by atoms with Gasteiger partial charge in [0.1, 0.15) is 29.5 Å². The van der Waals surface area contributed by atoms with Crippen LogP contribution in [0.25, 0.3) is 0 Å².